The standard InChI is InChI=1S/C15H13BrN2O3/c1-18(14(19)13-12(16)3-2-8-17-13)9-10-4-6-11(7-5-10)15(20)21/h2-8H,9H2,1H3,(H,20,21). The highest BCUT2D eigenvalue weighted by Crippen LogP contribution is 2.16. The molecule has 21 heavy (non-hydrogen) atoms. The first kappa shape index (κ1) is 15.2. The van der Waals surface area contributed by atoms with Crippen molar-refractivity contribution in [2.75, 3.05) is 7.05 Å². The number of nitrogens with zero attached hydrogens (tertiary/aromatic N) is 2. The minimum Gasteiger partial charge on any atom is -0.478 e. The third kappa shape index (κ3) is 3.66. The number of carbonyl (C=O) groups excluding carboxylic acids is 1. The molecule has 0 aliphatic rings. The van der Waals surface area contributed by atoms with Crippen molar-refractivity contribution < 1.29 is 14.7 Å². The van der Waals surface area contributed by atoms with Crippen molar-refractivity contribution in [1.82, 2.24) is 9.88 Å². The second kappa shape index (κ2) is 6.49. The van der Waals surface area contributed by atoms with Gasteiger partial charge in [0.2, 0.25) is 0 Å². The average molecular weight is 349 g/mol. The summed E-state index contributed by atoms with van der Waals surface area (Å²) >= 11 is 3.30. The van der Waals surface area contributed by atoms with Crippen LogP contribution in [0.5, 0.6) is 0 Å². The number of hydrogen-bond donors (Lipinski definition) is 1. The summed E-state index contributed by atoms with van der Waals surface area (Å²) in [7, 11) is 1.68. The van der Waals surface area contributed by atoms with Gasteiger partial charge in [0, 0.05) is 24.3 Å². The van der Waals surface area contributed by atoms with Crippen LogP contribution >= 0.6 is 15.9 Å². The number of carbonyl (C=O) groups is 2. The van der Waals surface area contributed by atoms with Crippen molar-refractivity contribution in [3.05, 3.63) is 63.9 Å². The van der Waals surface area contributed by atoms with Gasteiger partial charge in [-0.05, 0) is 45.8 Å². The number of amides is 1. The van der Waals surface area contributed by atoms with Crippen molar-refractivity contribution in [3.63, 3.8) is 0 Å². The maximum absolute atomic E-state index is 12.3. The summed E-state index contributed by atoms with van der Waals surface area (Å²) in [6, 6.07) is 9.93. The molecule has 1 aromatic carbocycles. The molecule has 0 aliphatic heterocycles. The Morgan fingerprint density at radius 1 is 1.24 bits per heavy atom. The van der Waals surface area contributed by atoms with E-state index in [1.54, 1.807) is 37.5 Å². The van der Waals surface area contributed by atoms with E-state index in [4.69, 9.17) is 5.11 Å². The number of aromatic nitrogens is 1. The average Bonchev–Trinajstić information content (AvgIpc) is 2.47. The molecule has 0 bridgehead atoms. The molecule has 0 unspecified atom stereocenters. The Labute approximate surface area is 130 Å². The molecule has 1 heterocycles. The molecule has 0 aliphatic carbocycles. The predicted molar refractivity (Wildman–Crippen MR) is 81.1 cm³/mol. The van der Waals surface area contributed by atoms with E-state index in [0.717, 1.165) is 5.56 Å². The fourth-order valence-electron chi connectivity index (χ4n) is 1.82. The minimum absolute atomic E-state index is 0.204. The van der Waals surface area contributed by atoms with E-state index in [9.17, 15) is 9.59 Å². The summed E-state index contributed by atoms with van der Waals surface area (Å²) in [5.74, 6) is -1.17. The molecular formula is C15H13BrN2O3. The van der Waals surface area contributed by atoms with E-state index in [0.29, 0.717) is 16.7 Å². The van der Waals surface area contributed by atoms with Crippen LogP contribution in [0, 0.1) is 0 Å². The number of halogens is 1. The zero-order valence-corrected chi connectivity index (χ0v) is 12.9. The summed E-state index contributed by atoms with van der Waals surface area (Å²) in [5, 5.41) is 8.85. The number of carboxylic acid groups (broad SMARTS) is 1. The second-order valence-corrected chi connectivity index (χ2v) is 5.35. The van der Waals surface area contributed by atoms with Gasteiger partial charge >= 0.3 is 5.97 Å². The monoisotopic (exact) mass is 348 g/mol. The highest BCUT2D eigenvalue weighted by Gasteiger charge is 2.16. The zero-order valence-electron chi connectivity index (χ0n) is 11.3. The maximum atomic E-state index is 12.3. The number of hydrogen-bond acceptors (Lipinski definition) is 3. The Morgan fingerprint density at radius 2 is 1.90 bits per heavy atom. The summed E-state index contributed by atoms with van der Waals surface area (Å²) in [5.41, 5.74) is 1.42. The van der Waals surface area contributed by atoms with Gasteiger partial charge in [-0.3, -0.25) is 4.79 Å². The van der Waals surface area contributed by atoms with Gasteiger partial charge in [-0.25, -0.2) is 9.78 Å². The van der Waals surface area contributed by atoms with Gasteiger partial charge in [0.05, 0.1) is 5.56 Å². The molecule has 5 nitrogen and oxygen atoms in total. The Hall–Kier alpha value is -2.21. The van der Waals surface area contributed by atoms with Crippen LogP contribution in [-0.2, 0) is 6.54 Å². The van der Waals surface area contributed by atoms with Gasteiger partial charge in [-0.15, -0.1) is 0 Å². The minimum atomic E-state index is -0.969. The van der Waals surface area contributed by atoms with Crippen LogP contribution in [0.25, 0.3) is 0 Å². The number of pyridine rings is 1. The van der Waals surface area contributed by atoms with Crippen LogP contribution in [0.3, 0.4) is 0 Å². The number of benzene rings is 1. The lowest BCUT2D eigenvalue weighted by Crippen LogP contribution is -2.27. The van der Waals surface area contributed by atoms with Crippen molar-refractivity contribution in [2.24, 2.45) is 0 Å². The second-order valence-electron chi connectivity index (χ2n) is 4.50. The molecule has 1 aromatic heterocycles. The lowest BCUT2D eigenvalue weighted by Gasteiger charge is -2.17. The first-order valence-electron chi connectivity index (χ1n) is 6.17. The molecule has 0 radical (unpaired) electrons. The van der Waals surface area contributed by atoms with Gasteiger partial charge in [-0.2, -0.15) is 0 Å². The van der Waals surface area contributed by atoms with E-state index in [2.05, 4.69) is 20.9 Å². The quantitative estimate of drug-likeness (QED) is 0.922. The van der Waals surface area contributed by atoms with E-state index >= 15 is 0 Å². The fourth-order valence-corrected chi connectivity index (χ4v) is 2.25. The lowest BCUT2D eigenvalue weighted by atomic mass is 10.1. The molecule has 6 heteroatoms. The van der Waals surface area contributed by atoms with Crippen LogP contribution in [0.1, 0.15) is 26.4 Å². The predicted octanol–water partition coefficient (Wildman–Crippen LogP) is 2.81. The van der Waals surface area contributed by atoms with Gasteiger partial charge < -0.3 is 10.0 Å². The highest BCUT2D eigenvalue weighted by molar-refractivity contribution is 9.10. The van der Waals surface area contributed by atoms with E-state index in [1.165, 1.54) is 17.0 Å². The molecule has 0 spiro atoms. The molecule has 1 amide bonds. The number of rotatable bonds is 4. The Kier molecular flexibility index (Phi) is 4.70. The summed E-state index contributed by atoms with van der Waals surface area (Å²) in [6.45, 7) is 0.377. The normalized spacial score (nSPS) is 10.2. The highest BCUT2D eigenvalue weighted by atomic mass is 79.9. The first-order valence-corrected chi connectivity index (χ1v) is 6.96. The van der Waals surface area contributed by atoms with E-state index < -0.39 is 5.97 Å². The van der Waals surface area contributed by atoms with Crippen LogP contribution < -0.4 is 0 Å². The number of carboxylic acids is 1. The Bertz CT molecular complexity index is 671. The van der Waals surface area contributed by atoms with Crippen LogP contribution in [0.15, 0.2) is 47.1 Å². The largest absolute Gasteiger partial charge is 0.478 e. The SMILES string of the molecule is CN(Cc1ccc(C(=O)O)cc1)C(=O)c1ncccc1Br. The molecule has 108 valence electrons. The molecule has 0 saturated carbocycles. The smallest absolute Gasteiger partial charge is 0.335 e. The summed E-state index contributed by atoms with van der Waals surface area (Å²) in [6.07, 6.45) is 1.56. The van der Waals surface area contributed by atoms with Crippen molar-refractivity contribution in [1.29, 1.82) is 0 Å². The third-order valence-corrected chi connectivity index (χ3v) is 3.57. The van der Waals surface area contributed by atoms with Gasteiger partial charge in [0.15, 0.2) is 0 Å². The summed E-state index contributed by atoms with van der Waals surface area (Å²) in [4.78, 5) is 28.7. The topological polar surface area (TPSA) is 70.5 Å². The zero-order chi connectivity index (χ0) is 15.4. The van der Waals surface area contributed by atoms with Crippen LogP contribution in [0.2, 0.25) is 0 Å². The number of aromatic carboxylic acids is 1. The molecule has 2 rings (SSSR count). The third-order valence-electron chi connectivity index (χ3n) is 2.93. The van der Waals surface area contributed by atoms with Gasteiger partial charge in [0.1, 0.15) is 5.69 Å². The van der Waals surface area contributed by atoms with Crippen molar-refractivity contribution >= 4 is 27.8 Å². The molecule has 0 fully saturated rings. The van der Waals surface area contributed by atoms with Crippen molar-refractivity contribution in [2.45, 2.75) is 6.54 Å². The fraction of sp³-hybridized carbons (Fsp3) is 0.133. The van der Waals surface area contributed by atoms with Crippen LogP contribution in [-0.4, -0.2) is 33.9 Å². The van der Waals surface area contributed by atoms with Gasteiger partial charge in [-0.1, -0.05) is 12.1 Å². The Morgan fingerprint density at radius 3 is 2.48 bits per heavy atom. The van der Waals surface area contributed by atoms with E-state index in [1.807, 2.05) is 0 Å². The van der Waals surface area contributed by atoms with E-state index in [-0.39, 0.29) is 11.5 Å². The van der Waals surface area contributed by atoms with Gasteiger partial charge in [0.25, 0.3) is 5.91 Å². The molecule has 0 saturated heterocycles. The van der Waals surface area contributed by atoms with Crippen molar-refractivity contribution in [3.8, 4) is 0 Å². The molecule has 0 atom stereocenters. The lowest BCUT2D eigenvalue weighted by molar-refractivity contribution is 0.0695. The molecule has 1 N–H and O–H groups in total. The molecule has 2 aromatic rings. The maximum Gasteiger partial charge on any atom is 0.335 e. The first-order chi connectivity index (χ1) is 9.99. The summed E-state index contributed by atoms with van der Waals surface area (Å²) < 4.78 is 0.642. The molecular weight excluding hydrogens is 336 g/mol. The van der Waals surface area contributed by atoms with Crippen LogP contribution in [0.4, 0.5) is 0 Å². The Balaban J connectivity index is 2.10.